The summed E-state index contributed by atoms with van der Waals surface area (Å²) in [6.07, 6.45) is 0. The first-order valence-electron chi connectivity index (χ1n) is 10.5. The molecule has 2 amide bonds. The van der Waals surface area contributed by atoms with E-state index >= 15 is 0 Å². The van der Waals surface area contributed by atoms with Crippen LogP contribution in [0.15, 0.2) is 63.1 Å². The van der Waals surface area contributed by atoms with Gasteiger partial charge in [-0.25, -0.2) is 14.8 Å². The normalized spacial score (nSPS) is 10.9. The molecular weight excluding hydrogens is 468 g/mol. The third kappa shape index (κ3) is 4.71. The fourth-order valence-corrected chi connectivity index (χ4v) is 4.34. The summed E-state index contributed by atoms with van der Waals surface area (Å²) in [6.45, 7) is 1.91. The zero-order chi connectivity index (χ0) is 25.3. The molecule has 0 aliphatic rings. The van der Waals surface area contributed by atoms with Gasteiger partial charge in [-0.2, -0.15) is 0 Å². The lowest BCUT2D eigenvalue weighted by Crippen LogP contribution is -2.37. The summed E-state index contributed by atoms with van der Waals surface area (Å²) in [4.78, 5) is 58.5. The van der Waals surface area contributed by atoms with Crippen LogP contribution in [0, 0.1) is 6.92 Å². The number of nitrogens with zero attached hydrogens (tertiary/aromatic N) is 4. The topological polar surface area (TPSA) is 142 Å². The molecule has 35 heavy (non-hydrogen) atoms. The number of amides is 2. The molecule has 2 aromatic heterocycles. The van der Waals surface area contributed by atoms with Crippen LogP contribution in [0.5, 0.6) is 0 Å². The molecule has 0 aliphatic heterocycles. The van der Waals surface area contributed by atoms with E-state index in [-0.39, 0.29) is 22.7 Å². The lowest BCUT2D eigenvalue weighted by atomic mass is 10.1. The molecule has 0 saturated carbocycles. The molecular formula is C24H22N6O4S. The molecule has 4 aromatic rings. The van der Waals surface area contributed by atoms with Crippen LogP contribution in [0.1, 0.15) is 15.9 Å². The summed E-state index contributed by atoms with van der Waals surface area (Å²) in [5.41, 5.74) is 6.88. The van der Waals surface area contributed by atoms with Crippen molar-refractivity contribution in [1.82, 2.24) is 19.1 Å². The average Bonchev–Trinajstić information content (AvgIpc) is 2.85. The monoisotopic (exact) mass is 490 g/mol. The number of nitrogens with one attached hydrogen (secondary N) is 1. The summed E-state index contributed by atoms with van der Waals surface area (Å²) in [6, 6.07) is 13.7. The van der Waals surface area contributed by atoms with Crippen molar-refractivity contribution in [3.63, 3.8) is 0 Å². The van der Waals surface area contributed by atoms with Gasteiger partial charge < -0.3 is 11.1 Å². The molecule has 0 unspecified atom stereocenters. The highest BCUT2D eigenvalue weighted by molar-refractivity contribution is 8.00. The van der Waals surface area contributed by atoms with Gasteiger partial charge in [-0.3, -0.25) is 23.5 Å². The van der Waals surface area contributed by atoms with E-state index in [1.54, 1.807) is 12.1 Å². The van der Waals surface area contributed by atoms with Crippen LogP contribution in [-0.4, -0.2) is 36.7 Å². The Balaban J connectivity index is 1.72. The van der Waals surface area contributed by atoms with E-state index in [0.717, 1.165) is 27.5 Å². The summed E-state index contributed by atoms with van der Waals surface area (Å²) in [7, 11) is 2.92. The van der Waals surface area contributed by atoms with Gasteiger partial charge in [0.05, 0.1) is 5.75 Å². The van der Waals surface area contributed by atoms with Gasteiger partial charge in [-0.15, -0.1) is 0 Å². The molecule has 178 valence electrons. The number of carbonyl (C=O) groups is 2. The van der Waals surface area contributed by atoms with E-state index in [2.05, 4.69) is 15.3 Å². The van der Waals surface area contributed by atoms with Gasteiger partial charge >= 0.3 is 5.69 Å². The van der Waals surface area contributed by atoms with Crippen LogP contribution in [0.3, 0.4) is 0 Å². The third-order valence-corrected chi connectivity index (χ3v) is 6.42. The lowest BCUT2D eigenvalue weighted by Gasteiger charge is -2.13. The number of hydrogen-bond donors (Lipinski definition) is 2. The fourth-order valence-electron chi connectivity index (χ4n) is 3.53. The highest BCUT2D eigenvalue weighted by Gasteiger charge is 2.19. The van der Waals surface area contributed by atoms with Crippen LogP contribution in [-0.2, 0) is 18.9 Å². The fraction of sp³-hybridized carbons (Fsp3) is 0.167. The molecule has 0 atom stereocenters. The molecule has 2 heterocycles. The molecule has 0 saturated heterocycles. The Morgan fingerprint density at radius 2 is 1.69 bits per heavy atom. The number of benzene rings is 2. The highest BCUT2D eigenvalue weighted by atomic mass is 32.2. The quantitative estimate of drug-likeness (QED) is 0.310. The van der Waals surface area contributed by atoms with Crippen LogP contribution >= 0.6 is 11.8 Å². The average molecular weight is 491 g/mol. The molecule has 3 N–H and O–H groups in total. The lowest BCUT2D eigenvalue weighted by molar-refractivity contribution is -0.113. The maximum atomic E-state index is 13.0. The van der Waals surface area contributed by atoms with Gasteiger partial charge in [-0.05, 0) is 36.8 Å². The Morgan fingerprint density at radius 3 is 2.34 bits per heavy atom. The van der Waals surface area contributed by atoms with Crippen molar-refractivity contribution in [1.29, 1.82) is 0 Å². The molecule has 2 aromatic carbocycles. The third-order valence-electron chi connectivity index (χ3n) is 5.45. The van der Waals surface area contributed by atoms with Crippen molar-refractivity contribution in [3.8, 4) is 11.4 Å². The van der Waals surface area contributed by atoms with E-state index in [9.17, 15) is 19.2 Å². The Morgan fingerprint density at radius 1 is 1.00 bits per heavy atom. The van der Waals surface area contributed by atoms with Gasteiger partial charge in [0, 0.05) is 30.9 Å². The first-order valence-corrected chi connectivity index (χ1v) is 11.5. The number of aryl methyl sites for hydroxylation is 2. The van der Waals surface area contributed by atoms with Gasteiger partial charge in [0.1, 0.15) is 10.4 Å². The second-order valence-corrected chi connectivity index (χ2v) is 8.81. The number of fused-ring (bicyclic) bond motifs is 1. The molecule has 0 fully saturated rings. The largest absolute Gasteiger partial charge is 0.366 e. The predicted octanol–water partition coefficient (Wildman–Crippen LogP) is 1.83. The first-order chi connectivity index (χ1) is 16.7. The highest BCUT2D eigenvalue weighted by Crippen LogP contribution is 2.27. The van der Waals surface area contributed by atoms with Crippen molar-refractivity contribution >= 4 is 40.3 Å². The Kier molecular flexibility index (Phi) is 6.52. The van der Waals surface area contributed by atoms with Gasteiger partial charge in [-0.1, -0.05) is 36.0 Å². The standard InChI is InChI=1S/C24H22N6O4S/c1-13-6-4-5-7-16(13)20-27-21-18(23(33)30(3)24(34)29(21)2)22(28-20)35-12-17(31)26-15-10-8-14(9-11-15)19(25)32/h4-11H,12H2,1-3H3,(H2,25,32)(H,26,31). The summed E-state index contributed by atoms with van der Waals surface area (Å²) in [5, 5.41) is 3.19. The Hall–Kier alpha value is -4.25. The van der Waals surface area contributed by atoms with Gasteiger partial charge in [0.15, 0.2) is 11.5 Å². The summed E-state index contributed by atoms with van der Waals surface area (Å²) < 4.78 is 2.29. The van der Waals surface area contributed by atoms with Gasteiger partial charge in [0.2, 0.25) is 11.8 Å². The molecule has 4 rings (SSSR count). The van der Waals surface area contributed by atoms with Crippen LogP contribution < -0.4 is 22.3 Å². The van der Waals surface area contributed by atoms with Crippen molar-refractivity contribution in [3.05, 3.63) is 80.5 Å². The first kappa shape index (κ1) is 23.9. The number of rotatable bonds is 6. The van der Waals surface area contributed by atoms with E-state index in [1.807, 2.05) is 31.2 Å². The van der Waals surface area contributed by atoms with Crippen molar-refractivity contribution in [2.75, 3.05) is 11.1 Å². The molecule has 0 spiro atoms. The Labute approximate surface area is 203 Å². The van der Waals surface area contributed by atoms with E-state index in [0.29, 0.717) is 22.1 Å². The van der Waals surface area contributed by atoms with E-state index < -0.39 is 17.2 Å². The zero-order valence-corrected chi connectivity index (χ0v) is 20.0. The number of aromatic nitrogens is 4. The van der Waals surface area contributed by atoms with Crippen molar-refractivity contribution < 1.29 is 9.59 Å². The molecule has 10 nitrogen and oxygen atoms in total. The number of thioether (sulfide) groups is 1. The zero-order valence-electron chi connectivity index (χ0n) is 19.2. The maximum absolute atomic E-state index is 13.0. The number of hydrogen-bond acceptors (Lipinski definition) is 7. The van der Waals surface area contributed by atoms with Crippen LogP contribution in [0.2, 0.25) is 0 Å². The minimum atomic E-state index is -0.561. The van der Waals surface area contributed by atoms with E-state index in [1.165, 1.54) is 30.8 Å². The minimum absolute atomic E-state index is 0.0527. The van der Waals surface area contributed by atoms with Crippen molar-refractivity contribution in [2.24, 2.45) is 19.8 Å². The SMILES string of the molecule is Cc1ccccc1-c1nc(SCC(=O)Nc2ccc(C(N)=O)cc2)c2c(=O)n(C)c(=O)n(C)c2n1. The smallest absolute Gasteiger partial charge is 0.332 e. The van der Waals surface area contributed by atoms with Crippen molar-refractivity contribution in [2.45, 2.75) is 11.9 Å². The molecule has 0 radical (unpaired) electrons. The van der Waals surface area contributed by atoms with Crippen LogP contribution in [0.25, 0.3) is 22.4 Å². The number of carbonyl (C=O) groups excluding carboxylic acids is 2. The van der Waals surface area contributed by atoms with Crippen LogP contribution in [0.4, 0.5) is 5.69 Å². The molecule has 11 heteroatoms. The minimum Gasteiger partial charge on any atom is -0.366 e. The maximum Gasteiger partial charge on any atom is 0.332 e. The molecule has 0 aliphatic carbocycles. The second kappa shape index (κ2) is 9.55. The van der Waals surface area contributed by atoms with E-state index in [4.69, 9.17) is 5.73 Å². The summed E-state index contributed by atoms with van der Waals surface area (Å²) >= 11 is 1.07. The number of nitrogens with two attached hydrogens (primary N) is 1. The number of anilines is 1. The van der Waals surface area contributed by atoms with Gasteiger partial charge in [0.25, 0.3) is 5.56 Å². The summed E-state index contributed by atoms with van der Waals surface area (Å²) in [5.74, 6) is -0.603. The number of primary amides is 1. The predicted molar refractivity (Wildman–Crippen MR) is 135 cm³/mol. The second-order valence-electron chi connectivity index (χ2n) is 7.85. The molecule has 0 bridgehead atoms. The Bertz CT molecular complexity index is 1590.